The minimum absolute atomic E-state index is 0.0483. The van der Waals surface area contributed by atoms with Gasteiger partial charge in [0.05, 0.1) is 9.77 Å². The van der Waals surface area contributed by atoms with Gasteiger partial charge >= 0.3 is 0 Å². The molecule has 8 nitrogen and oxygen atoms in total. The van der Waals surface area contributed by atoms with Crippen LogP contribution < -0.4 is 14.8 Å². The zero-order valence-electron chi connectivity index (χ0n) is 16.1. The molecule has 1 aliphatic rings. The second kappa shape index (κ2) is 8.05. The lowest BCUT2D eigenvalue weighted by Crippen LogP contribution is -2.16. The third kappa shape index (κ3) is 3.87. The Bertz CT molecular complexity index is 1300. The lowest BCUT2D eigenvalue weighted by Gasteiger charge is -2.18. The zero-order valence-corrected chi connectivity index (χ0v) is 17.8. The first-order valence-electron chi connectivity index (χ1n) is 9.43. The maximum atomic E-state index is 13.5. The molecule has 0 radical (unpaired) electrons. The van der Waals surface area contributed by atoms with Crippen LogP contribution in [0.1, 0.15) is 5.56 Å². The summed E-state index contributed by atoms with van der Waals surface area (Å²) in [7, 11) is -3.99. The van der Waals surface area contributed by atoms with Gasteiger partial charge in [0, 0.05) is 25.0 Å². The number of thiophene rings is 1. The molecule has 5 rings (SSSR count). The second-order valence-electron chi connectivity index (χ2n) is 6.65. The van der Waals surface area contributed by atoms with E-state index in [0.29, 0.717) is 31.3 Å². The first-order chi connectivity index (χ1) is 15.1. The van der Waals surface area contributed by atoms with Gasteiger partial charge in [0.2, 0.25) is 26.6 Å². The molecule has 0 unspecified atom stereocenters. The Labute approximate surface area is 182 Å². The lowest BCUT2D eigenvalue weighted by atomic mass is 10.3. The number of pyridine rings is 1. The summed E-state index contributed by atoms with van der Waals surface area (Å²) in [5, 5.41) is 4.74. The maximum Gasteiger partial charge on any atom is 0.240 e. The number of sulfone groups is 1. The predicted molar refractivity (Wildman–Crippen MR) is 114 cm³/mol. The van der Waals surface area contributed by atoms with E-state index in [2.05, 4.69) is 15.3 Å². The molecular weight excluding hydrogens is 438 g/mol. The van der Waals surface area contributed by atoms with E-state index in [-0.39, 0.29) is 21.7 Å². The first kappa shape index (κ1) is 19.6. The molecular formula is C21H17N3O5S2. The van der Waals surface area contributed by atoms with E-state index in [1.54, 1.807) is 24.5 Å². The van der Waals surface area contributed by atoms with E-state index >= 15 is 0 Å². The lowest BCUT2D eigenvalue weighted by molar-refractivity contribution is 0.171. The van der Waals surface area contributed by atoms with Gasteiger partial charge in [0.25, 0.3) is 0 Å². The number of nitrogens with zero attached hydrogens (tertiary/aromatic N) is 2. The highest BCUT2D eigenvalue weighted by Gasteiger charge is 2.30. The van der Waals surface area contributed by atoms with E-state index in [1.165, 1.54) is 23.5 Å². The van der Waals surface area contributed by atoms with Gasteiger partial charge < -0.3 is 19.2 Å². The molecule has 158 valence electrons. The molecule has 0 amide bonds. The van der Waals surface area contributed by atoms with Gasteiger partial charge in [-0.2, -0.15) is 4.98 Å². The zero-order chi connectivity index (χ0) is 21.3. The molecule has 0 atom stereocenters. The molecule has 3 aromatic heterocycles. The standard InChI is InChI=1S/C21H17N3O5S2/c25-31(26,15-5-6-16-17(11-15)28-9-8-27-16)21-20(23-13-14-3-1-7-22-12-14)29-19(24-21)18-4-2-10-30-18/h1-7,10-12,23H,8-9,13H2. The number of hydrogen-bond donors (Lipinski definition) is 1. The molecule has 0 spiro atoms. The first-order valence-corrected chi connectivity index (χ1v) is 11.8. The maximum absolute atomic E-state index is 13.5. The Kier molecular flexibility index (Phi) is 5.08. The van der Waals surface area contributed by atoms with Crippen molar-refractivity contribution in [2.45, 2.75) is 16.5 Å². The quantitative estimate of drug-likeness (QED) is 0.465. The summed E-state index contributed by atoms with van der Waals surface area (Å²) in [6, 6.07) is 11.9. The van der Waals surface area contributed by atoms with Gasteiger partial charge in [-0.15, -0.1) is 11.3 Å². The molecule has 0 bridgehead atoms. The van der Waals surface area contributed by atoms with Crippen LogP contribution >= 0.6 is 11.3 Å². The summed E-state index contributed by atoms with van der Waals surface area (Å²) >= 11 is 1.41. The van der Waals surface area contributed by atoms with Crippen molar-refractivity contribution in [1.29, 1.82) is 0 Å². The van der Waals surface area contributed by atoms with Gasteiger partial charge in [-0.3, -0.25) is 4.98 Å². The summed E-state index contributed by atoms with van der Waals surface area (Å²) in [5.41, 5.74) is 0.874. The Morgan fingerprint density at radius 3 is 2.71 bits per heavy atom. The van der Waals surface area contributed by atoms with Crippen molar-refractivity contribution in [1.82, 2.24) is 9.97 Å². The van der Waals surface area contributed by atoms with E-state index in [0.717, 1.165) is 10.4 Å². The molecule has 0 saturated carbocycles. The van der Waals surface area contributed by atoms with E-state index in [4.69, 9.17) is 13.9 Å². The molecule has 10 heteroatoms. The van der Waals surface area contributed by atoms with Crippen molar-refractivity contribution in [3.63, 3.8) is 0 Å². The molecule has 4 heterocycles. The Morgan fingerprint density at radius 2 is 1.94 bits per heavy atom. The Morgan fingerprint density at radius 1 is 1.06 bits per heavy atom. The van der Waals surface area contributed by atoms with Crippen LogP contribution in [0, 0.1) is 0 Å². The van der Waals surface area contributed by atoms with Gasteiger partial charge in [-0.25, -0.2) is 8.42 Å². The third-order valence-corrected chi connectivity index (χ3v) is 7.10. The predicted octanol–water partition coefficient (Wildman–Crippen LogP) is 4.01. The highest BCUT2D eigenvalue weighted by molar-refractivity contribution is 7.91. The molecule has 4 aromatic rings. The number of benzene rings is 1. The fourth-order valence-electron chi connectivity index (χ4n) is 3.09. The van der Waals surface area contributed by atoms with Crippen LogP contribution in [0.2, 0.25) is 0 Å². The minimum atomic E-state index is -3.99. The Hall–Kier alpha value is -3.37. The van der Waals surface area contributed by atoms with E-state index in [9.17, 15) is 8.42 Å². The van der Waals surface area contributed by atoms with Crippen LogP contribution in [0.25, 0.3) is 10.8 Å². The monoisotopic (exact) mass is 455 g/mol. The van der Waals surface area contributed by atoms with Crippen LogP contribution in [-0.2, 0) is 16.4 Å². The highest BCUT2D eigenvalue weighted by Crippen LogP contribution is 2.37. The molecule has 1 aromatic carbocycles. The largest absolute Gasteiger partial charge is 0.486 e. The number of hydrogen-bond acceptors (Lipinski definition) is 9. The summed E-state index contributed by atoms with van der Waals surface area (Å²) in [5.74, 6) is 1.21. The summed E-state index contributed by atoms with van der Waals surface area (Å²) in [4.78, 5) is 9.18. The number of fused-ring (bicyclic) bond motifs is 1. The highest BCUT2D eigenvalue weighted by atomic mass is 32.2. The number of oxazole rings is 1. The van der Waals surface area contributed by atoms with Crippen LogP contribution in [0.5, 0.6) is 11.5 Å². The van der Waals surface area contributed by atoms with Crippen LogP contribution in [0.3, 0.4) is 0 Å². The fraction of sp³-hybridized carbons (Fsp3) is 0.143. The van der Waals surface area contributed by atoms with Crippen molar-refractivity contribution in [2.75, 3.05) is 18.5 Å². The topological polar surface area (TPSA) is 104 Å². The molecule has 0 aliphatic carbocycles. The molecule has 1 aliphatic heterocycles. The molecule has 1 N–H and O–H groups in total. The van der Waals surface area contributed by atoms with Gasteiger partial charge in [0.1, 0.15) is 13.2 Å². The van der Waals surface area contributed by atoms with Crippen molar-refractivity contribution in [3.05, 3.63) is 65.8 Å². The second-order valence-corrected chi connectivity index (χ2v) is 9.47. The number of ether oxygens (including phenoxy) is 2. The van der Waals surface area contributed by atoms with Crippen molar-refractivity contribution in [2.24, 2.45) is 0 Å². The third-order valence-electron chi connectivity index (χ3n) is 4.58. The van der Waals surface area contributed by atoms with Crippen molar-refractivity contribution in [3.8, 4) is 22.3 Å². The van der Waals surface area contributed by atoms with Crippen LogP contribution in [0.4, 0.5) is 5.88 Å². The van der Waals surface area contributed by atoms with Gasteiger partial charge in [-0.1, -0.05) is 12.1 Å². The fourth-order valence-corrected chi connectivity index (χ4v) is 5.04. The number of aromatic nitrogens is 2. The molecule has 0 saturated heterocycles. The SMILES string of the molecule is O=S(=O)(c1ccc2c(c1)OCCO2)c1nc(-c2cccs2)oc1NCc1cccnc1. The van der Waals surface area contributed by atoms with Gasteiger partial charge in [0.15, 0.2) is 11.5 Å². The summed E-state index contributed by atoms with van der Waals surface area (Å²) in [6.45, 7) is 1.12. The van der Waals surface area contributed by atoms with E-state index in [1.807, 2.05) is 23.6 Å². The van der Waals surface area contributed by atoms with Crippen LogP contribution in [-0.4, -0.2) is 31.6 Å². The normalized spacial score (nSPS) is 13.2. The van der Waals surface area contributed by atoms with E-state index < -0.39 is 9.84 Å². The van der Waals surface area contributed by atoms with Crippen LogP contribution in [0.15, 0.2) is 74.6 Å². The Balaban J connectivity index is 1.54. The summed E-state index contributed by atoms with van der Waals surface area (Å²) < 4.78 is 43.8. The van der Waals surface area contributed by atoms with Gasteiger partial charge in [-0.05, 0) is 35.2 Å². The summed E-state index contributed by atoms with van der Waals surface area (Å²) in [6.07, 6.45) is 3.36. The minimum Gasteiger partial charge on any atom is -0.486 e. The molecule has 0 fully saturated rings. The number of rotatable bonds is 6. The average Bonchev–Trinajstić information content (AvgIpc) is 3.48. The van der Waals surface area contributed by atoms with Crippen molar-refractivity contribution < 1.29 is 22.3 Å². The molecule has 31 heavy (non-hydrogen) atoms. The smallest absolute Gasteiger partial charge is 0.240 e. The number of nitrogens with one attached hydrogen (secondary N) is 1. The average molecular weight is 456 g/mol. The van der Waals surface area contributed by atoms with Crippen molar-refractivity contribution >= 4 is 27.1 Å². The number of anilines is 1.